The van der Waals surface area contributed by atoms with Crippen LogP contribution < -0.4 is 5.73 Å². The van der Waals surface area contributed by atoms with Gasteiger partial charge in [-0.25, -0.2) is 0 Å². The van der Waals surface area contributed by atoms with Crippen LogP contribution in [0.4, 0.5) is 0 Å². The maximum absolute atomic E-state index is 6.47. The van der Waals surface area contributed by atoms with E-state index in [0.717, 1.165) is 19.4 Å². The summed E-state index contributed by atoms with van der Waals surface area (Å²) in [7, 11) is 1.98. The molecule has 1 saturated heterocycles. The van der Waals surface area contributed by atoms with Crippen LogP contribution in [0.3, 0.4) is 0 Å². The number of nitrogens with two attached hydrogens (primary N) is 1. The van der Waals surface area contributed by atoms with Gasteiger partial charge in [0.2, 0.25) is 0 Å². The highest BCUT2D eigenvalue weighted by atomic mass is 16.5. The Hall–Kier alpha value is -0.870. The monoisotopic (exact) mass is 249 g/mol. The van der Waals surface area contributed by atoms with E-state index in [-0.39, 0.29) is 11.6 Å². The summed E-state index contributed by atoms with van der Waals surface area (Å²) in [6.07, 6.45) is 7.90. The van der Waals surface area contributed by atoms with Crippen molar-refractivity contribution < 1.29 is 4.74 Å². The quantitative estimate of drug-likeness (QED) is 0.873. The minimum Gasteiger partial charge on any atom is -0.375 e. The third-order valence-corrected chi connectivity index (χ3v) is 4.94. The van der Waals surface area contributed by atoms with Crippen LogP contribution in [0.5, 0.6) is 0 Å². The van der Waals surface area contributed by atoms with Gasteiger partial charge < -0.3 is 10.5 Å². The molecule has 1 aromatic rings. The Bertz CT molecular complexity index is 436. The normalized spacial score (nSPS) is 28.1. The zero-order chi connectivity index (χ0) is 12.8. The van der Waals surface area contributed by atoms with E-state index in [1.807, 2.05) is 17.9 Å². The highest BCUT2D eigenvalue weighted by molar-refractivity contribution is 5.21. The Morgan fingerprint density at radius 1 is 1.56 bits per heavy atom. The summed E-state index contributed by atoms with van der Waals surface area (Å²) >= 11 is 0. The van der Waals surface area contributed by atoms with Crippen LogP contribution in [0.15, 0.2) is 6.20 Å². The lowest BCUT2D eigenvalue weighted by Gasteiger charge is -2.48. The molecule has 1 aliphatic heterocycles. The molecule has 4 nitrogen and oxygen atoms in total. The minimum absolute atomic E-state index is 0.111. The molecule has 1 aliphatic carbocycles. The maximum Gasteiger partial charge on any atom is 0.0686 e. The Morgan fingerprint density at radius 2 is 2.33 bits per heavy atom. The molecule has 3 rings (SSSR count). The van der Waals surface area contributed by atoms with Crippen molar-refractivity contribution in [3.05, 3.63) is 17.5 Å². The Morgan fingerprint density at radius 3 is 2.89 bits per heavy atom. The molecule has 1 saturated carbocycles. The molecular formula is C14H23N3O. The number of nitrogens with zero attached hydrogens (tertiary/aromatic N) is 2. The zero-order valence-electron chi connectivity index (χ0n) is 11.4. The van der Waals surface area contributed by atoms with Crippen molar-refractivity contribution >= 4 is 0 Å². The van der Waals surface area contributed by atoms with Crippen molar-refractivity contribution in [3.8, 4) is 0 Å². The van der Waals surface area contributed by atoms with E-state index in [0.29, 0.717) is 5.92 Å². The second-order valence-electron chi connectivity index (χ2n) is 5.97. The summed E-state index contributed by atoms with van der Waals surface area (Å²) in [6, 6.07) is 0.111. The fraction of sp³-hybridized carbons (Fsp3) is 0.786. The maximum atomic E-state index is 6.47. The van der Waals surface area contributed by atoms with Crippen molar-refractivity contribution in [3.63, 3.8) is 0 Å². The minimum atomic E-state index is 0.111. The summed E-state index contributed by atoms with van der Waals surface area (Å²) in [5.41, 5.74) is 9.05. The number of hydrogen-bond donors (Lipinski definition) is 1. The first-order valence-corrected chi connectivity index (χ1v) is 6.99. The molecule has 100 valence electrons. The van der Waals surface area contributed by atoms with E-state index in [2.05, 4.69) is 12.0 Å². The first-order chi connectivity index (χ1) is 8.61. The number of rotatable bonds is 2. The molecule has 2 heterocycles. The molecule has 18 heavy (non-hydrogen) atoms. The molecule has 2 unspecified atom stereocenters. The first-order valence-electron chi connectivity index (χ1n) is 6.99. The van der Waals surface area contributed by atoms with Gasteiger partial charge in [-0.3, -0.25) is 4.68 Å². The Balaban J connectivity index is 1.76. The molecular weight excluding hydrogens is 226 g/mol. The molecule has 1 spiro atoms. The second kappa shape index (κ2) is 4.35. The number of aryl methyl sites for hydroxylation is 1. The smallest absolute Gasteiger partial charge is 0.0686 e. The SMILES string of the molecule is Cc1c(C(N)C2CCOC3(CCC3)C2)cnn1C. The van der Waals surface area contributed by atoms with Crippen LogP contribution in [0.1, 0.15) is 49.4 Å². The van der Waals surface area contributed by atoms with E-state index in [1.165, 1.54) is 30.5 Å². The number of aromatic nitrogens is 2. The molecule has 4 heteroatoms. The Labute approximate surface area is 108 Å². The molecule has 2 atom stereocenters. The molecule has 0 bridgehead atoms. The van der Waals surface area contributed by atoms with Crippen LogP contribution >= 0.6 is 0 Å². The van der Waals surface area contributed by atoms with Crippen LogP contribution in [0, 0.1) is 12.8 Å². The molecule has 2 fully saturated rings. The van der Waals surface area contributed by atoms with E-state index in [4.69, 9.17) is 10.5 Å². The van der Waals surface area contributed by atoms with Crippen LogP contribution in [-0.2, 0) is 11.8 Å². The van der Waals surface area contributed by atoms with Gasteiger partial charge in [0.1, 0.15) is 0 Å². The standard InChI is InChI=1S/C14H23N3O/c1-10-12(9-16-17(10)2)13(15)11-4-7-18-14(8-11)5-3-6-14/h9,11,13H,3-8,15H2,1-2H3. The molecule has 2 N–H and O–H groups in total. The fourth-order valence-electron chi connectivity index (χ4n) is 3.39. The van der Waals surface area contributed by atoms with Crippen molar-refractivity contribution in [1.29, 1.82) is 0 Å². The zero-order valence-corrected chi connectivity index (χ0v) is 11.4. The van der Waals surface area contributed by atoms with E-state index in [1.54, 1.807) is 0 Å². The van der Waals surface area contributed by atoms with Gasteiger partial charge in [0.05, 0.1) is 11.8 Å². The van der Waals surface area contributed by atoms with Crippen molar-refractivity contribution in [2.24, 2.45) is 18.7 Å². The fourth-order valence-corrected chi connectivity index (χ4v) is 3.39. The Kier molecular flexibility index (Phi) is 2.94. The highest BCUT2D eigenvalue weighted by Gasteiger charge is 2.44. The summed E-state index contributed by atoms with van der Waals surface area (Å²) in [6.45, 7) is 2.97. The van der Waals surface area contributed by atoms with Gasteiger partial charge in [0, 0.05) is 31.0 Å². The summed E-state index contributed by atoms with van der Waals surface area (Å²) in [5.74, 6) is 0.543. The van der Waals surface area contributed by atoms with Crippen molar-refractivity contribution in [2.75, 3.05) is 6.61 Å². The lowest BCUT2D eigenvalue weighted by Crippen LogP contribution is -2.47. The second-order valence-corrected chi connectivity index (χ2v) is 5.97. The lowest BCUT2D eigenvalue weighted by atomic mass is 9.70. The third kappa shape index (κ3) is 1.88. The van der Waals surface area contributed by atoms with Crippen LogP contribution in [0.2, 0.25) is 0 Å². The van der Waals surface area contributed by atoms with Crippen LogP contribution in [0.25, 0.3) is 0 Å². The average molecular weight is 249 g/mol. The highest BCUT2D eigenvalue weighted by Crippen LogP contribution is 2.46. The summed E-state index contributed by atoms with van der Waals surface area (Å²) in [4.78, 5) is 0. The predicted molar refractivity (Wildman–Crippen MR) is 70.1 cm³/mol. The largest absolute Gasteiger partial charge is 0.375 e. The van der Waals surface area contributed by atoms with Gasteiger partial charge in [-0.15, -0.1) is 0 Å². The van der Waals surface area contributed by atoms with E-state index >= 15 is 0 Å². The summed E-state index contributed by atoms with van der Waals surface area (Å²) in [5, 5.41) is 4.31. The van der Waals surface area contributed by atoms with Gasteiger partial charge in [-0.05, 0) is 44.9 Å². The van der Waals surface area contributed by atoms with Gasteiger partial charge >= 0.3 is 0 Å². The van der Waals surface area contributed by atoms with Crippen molar-refractivity contribution in [1.82, 2.24) is 9.78 Å². The average Bonchev–Trinajstić information content (AvgIpc) is 2.67. The molecule has 1 aromatic heterocycles. The third-order valence-electron chi connectivity index (χ3n) is 4.94. The molecule has 2 aliphatic rings. The molecule has 0 amide bonds. The predicted octanol–water partition coefficient (Wildman–Crippen LogP) is 2.08. The number of hydrogen-bond acceptors (Lipinski definition) is 3. The van der Waals surface area contributed by atoms with Gasteiger partial charge in [0.25, 0.3) is 0 Å². The molecule has 0 radical (unpaired) electrons. The van der Waals surface area contributed by atoms with E-state index in [9.17, 15) is 0 Å². The first kappa shape index (κ1) is 12.2. The summed E-state index contributed by atoms with van der Waals surface area (Å²) < 4.78 is 7.89. The lowest BCUT2D eigenvalue weighted by molar-refractivity contribution is -0.146. The molecule has 0 aromatic carbocycles. The van der Waals surface area contributed by atoms with Crippen LogP contribution in [-0.4, -0.2) is 22.0 Å². The topological polar surface area (TPSA) is 53.1 Å². The van der Waals surface area contributed by atoms with Gasteiger partial charge in [-0.1, -0.05) is 0 Å². The van der Waals surface area contributed by atoms with Gasteiger partial charge in [0.15, 0.2) is 0 Å². The van der Waals surface area contributed by atoms with Crippen molar-refractivity contribution in [2.45, 2.75) is 50.7 Å². The number of ether oxygens (including phenoxy) is 1. The van der Waals surface area contributed by atoms with Gasteiger partial charge in [-0.2, -0.15) is 5.10 Å². The van der Waals surface area contributed by atoms with E-state index < -0.39 is 0 Å².